The van der Waals surface area contributed by atoms with Gasteiger partial charge in [-0.3, -0.25) is 5.41 Å². The Hall–Kier alpha value is -1.33. The molecular formula is C14H12Br2N2O. The van der Waals surface area contributed by atoms with Gasteiger partial charge in [-0.05, 0) is 48.9 Å². The van der Waals surface area contributed by atoms with Crippen molar-refractivity contribution in [2.24, 2.45) is 5.73 Å². The lowest BCUT2D eigenvalue weighted by molar-refractivity contribution is 0.477. The fourth-order valence-electron chi connectivity index (χ4n) is 1.65. The molecule has 0 bridgehead atoms. The molecule has 3 N–H and O–H groups in total. The minimum Gasteiger partial charge on any atom is -0.456 e. The van der Waals surface area contributed by atoms with Gasteiger partial charge in [-0.15, -0.1) is 0 Å². The molecule has 0 aliphatic heterocycles. The highest BCUT2D eigenvalue weighted by Crippen LogP contribution is 2.31. The summed E-state index contributed by atoms with van der Waals surface area (Å²) in [5.74, 6) is 1.29. The van der Waals surface area contributed by atoms with Gasteiger partial charge in [0.15, 0.2) is 0 Å². The highest BCUT2D eigenvalue weighted by molar-refractivity contribution is 9.10. The third kappa shape index (κ3) is 3.36. The number of halogens is 2. The van der Waals surface area contributed by atoms with Crippen molar-refractivity contribution >= 4 is 37.7 Å². The van der Waals surface area contributed by atoms with Crippen LogP contribution in [0, 0.1) is 12.3 Å². The molecule has 0 fully saturated rings. The van der Waals surface area contributed by atoms with E-state index in [1.807, 2.05) is 31.2 Å². The van der Waals surface area contributed by atoms with Crippen LogP contribution in [-0.4, -0.2) is 5.84 Å². The van der Waals surface area contributed by atoms with Crippen LogP contribution in [0.25, 0.3) is 0 Å². The van der Waals surface area contributed by atoms with Crippen molar-refractivity contribution < 1.29 is 4.74 Å². The average Bonchev–Trinajstić information content (AvgIpc) is 2.34. The molecule has 5 heteroatoms. The number of benzene rings is 2. The first-order valence-corrected chi connectivity index (χ1v) is 7.14. The number of aryl methyl sites for hydroxylation is 1. The largest absolute Gasteiger partial charge is 0.456 e. The van der Waals surface area contributed by atoms with E-state index in [1.165, 1.54) is 0 Å². The Morgan fingerprint density at radius 1 is 1.05 bits per heavy atom. The van der Waals surface area contributed by atoms with Crippen molar-refractivity contribution in [1.29, 1.82) is 5.41 Å². The highest BCUT2D eigenvalue weighted by Gasteiger charge is 2.10. The molecule has 0 unspecified atom stereocenters. The maximum absolute atomic E-state index is 7.60. The molecule has 2 aromatic rings. The van der Waals surface area contributed by atoms with Gasteiger partial charge in [0.05, 0.1) is 5.56 Å². The lowest BCUT2D eigenvalue weighted by Crippen LogP contribution is -2.12. The van der Waals surface area contributed by atoms with E-state index in [0.717, 1.165) is 20.3 Å². The highest BCUT2D eigenvalue weighted by atomic mass is 79.9. The van der Waals surface area contributed by atoms with Gasteiger partial charge in [-0.25, -0.2) is 0 Å². The molecule has 3 nitrogen and oxygen atoms in total. The summed E-state index contributed by atoms with van der Waals surface area (Å²) in [6.07, 6.45) is 0. The van der Waals surface area contributed by atoms with E-state index in [4.69, 9.17) is 15.9 Å². The van der Waals surface area contributed by atoms with Crippen LogP contribution in [0.5, 0.6) is 11.5 Å². The lowest BCUT2D eigenvalue weighted by Gasteiger charge is -2.12. The van der Waals surface area contributed by atoms with Crippen LogP contribution in [-0.2, 0) is 0 Å². The zero-order chi connectivity index (χ0) is 14.0. The Morgan fingerprint density at radius 3 is 2.21 bits per heavy atom. The number of hydrogen-bond acceptors (Lipinski definition) is 2. The number of ether oxygens (including phenoxy) is 1. The van der Waals surface area contributed by atoms with Gasteiger partial charge in [-0.2, -0.15) is 0 Å². The molecule has 0 aliphatic carbocycles. The number of nitrogens with two attached hydrogens (primary N) is 1. The second kappa shape index (κ2) is 5.75. The van der Waals surface area contributed by atoms with E-state index in [-0.39, 0.29) is 5.84 Å². The molecule has 2 aromatic carbocycles. The SMILES string of the molecule is Cc1cc(Br)ccc1Oc1ccc(Br)cc1C(=N)N. The zero-order valence-corrected chi connectivity index (χ0v) is 13.4. The third-order valence-electron chi connectivity index (χ3n) is 2.59. The Kier molecular flexibility index (Phi) is 4.27. The molecule has 0 radical (unpaired) electrons. The van der Waals surface area contributed by atoms with Crippen LogP contribution in [0.1, 0.15) is 11.1 Å². The molecule has 0 heterocycles. The van der Waals surface area contributed by atoms with Crippen LogP contribution in [0.4, 0.5) is 0 Å². The van der Waals surface area contributed by atoms with Gasteiger partial charge in [0.25, 0.3) is 0 Å². The zero-order valence-electron chi connectivity index (χ0n) is 10.2. The van der Waals surface area contributed by atoms with Gasteiger partial charge >= 0.3 is 0 Å². The number of nitrogens with one attached hydrogen (secondary N) is 1. The number of nitrogen functional groups attached to an aromatic ring is 1. The molecule has 0 atom stereocenters. The van der Waals surface area contributed by atoms with Crippen LogP contribution in [0.3, 0.4) is 0 Å². The summed E-state index contributed by atoms with van der Waals surface area (Å²) >= 11 is 6.77. The Morgan fingerprint density at radius 2 is 1.63 bits per heavy atom. The minimum absolute atomic E-state index is 0.0222. The molecule has 0 aromatic heterocycles. The second-order valence-corrected chi connectivity index (χ2v) is 5.90. The quantitative estimate of drug-likeness (QED) is 0.601. The summed E-state index contributed by atoms with van der Waals surface area (Å²) in [7, 11) is 0. The maximum atomic E-state index is 7.60. The number of hydrogen-bond donors (Lipinski definition) is 2. The molecule has 0 amide bonds. The topological polar surface area (TPSA) is 59.1 Å². The first kappa shape index (κ1) is 14.1. The van der Waals surface area contributed by atoms with Crippen LogP contribution >= 0.6 is 31.9 Å². The van der Waals surface area contributed by atoms with E-state index in [1.54, 1.807) is 12.1 Å². The Balaban J connectivity index is 2.40. The average molecular weight is 384 g/mol. The summed E-state index contributed by atoms with van der Waals surface area (Å²) in [5.41, 5.74) is 7.15. The van der Waals surface area contributed by atoms with Crippen LogP contribution in [0.15, 0.2) is 45.3 Å². The van der Waals surface area contributed by atoms with Crippen LogP contribution < -0.4 is 10.5 Å². The van der Waals surface area contributed by atoms with Gasteiger partial charge in [0, 0.05) is 8.95 Å². The van der Waals surface area contributed by atoms with Gasteiger partial charge < -0.3 is 10.5 Å². The summed E-state index contributed by atoms with van der Waals surface area (Å²) in [5, 5.41) is 7.60. The number of rotatable bonds is 3. The summed E-state index contributed by atoms with van der Waals surface area (Å²) in [4.78, 5) is 0. The monoisotopic (exact) mass is 382 g/mol. The maximum Gasteiger partial charge on any atom is 0.138 e. The van der Waals surface area contributed by atoms with Crippen molar-refractivity contribution in [1.82, 2.24) is 0 Å². The fourth-order valence-corrected chi connectivity index (χ4v) is 2.48. The fraction of sp³-hybridized carbons (Fsp3) is 0.0714. The molecule has 0 spiro atoms. The van der Waals surface area contributed by atoms with Crippen molar-refractivity contribution in [3.63, 3.8) is 0 Å². The van der Waals surface area contributed by atoms with E-state index in [9.17, 15) is 0 Å². The van der Waals surface area contributed by atoms with Crippen molar-refractivity contribution in [3.05, 3.63) is 56.5 Å². The van der Waals surface area contributed by atoms with Gasteiger partial charge in [0.1, 0.15) is 17.3 Å². The van der Waals surface area contributed by atoms with E-state index in [0.29, 0.717) is 11.3 Å². The van der Waals surface area contributed by atoms with Crippen LogP contribution in [0.2, 0.25) is 0 Å². The standard InChI is InChI=1S/C14H12Br2N2O/c1-8-6-9(15)2-4-12(8)19-13-5-3-10(16)7-11(13)14(17)18/h2-7H,1H3,(H3,17,18). The molecule has 0 aliphatic rings. The van der Waals surface area contributed by atoms with Gasteiger partial charge in [0.2, 0.25) is 0 Å². The first-order valence-electron chi connectivity index (χ1n) is 5.55. The summed E-state index contributed by atoms with van der Waals surface area (Å²) < 4.78 is 7.71. The number of amidine groups is 1. The second-order valence-electron chi connectivity index (χ2n) is 4.07. The molecule has 2 rings (SSSR count). The Bertz CT molecular complexity index is 641. The molecule has 19 heavy (non-hydrogen) atoms. The normalized spacial score (nSPS) is 10.3. The Labute approximate surface area is 128 Å². The molecule has 0 saturated heterocycles. The summed E-state index contributed by atoms with van der Waals surface area (Å²) in [6, 6.07) is 11.2. The lowest BCUT2D eigenvalue weighted by atomic mass is 10.2. The minimum atomic E-state index is -0.0222. The van der Waals surface area contributed by atoms with Gasteiger partial charge in [-0.1, -0.05) is 31.9 Å². The third-order valence-corrected chi connectivity index (χ3v) is 3.58. The smallest absolute Gasteiger partial charge is 0.138 e. The molecule has 0 saturated carbocycles. The molecule has 98 valence electrons. The summed E-state index contributed by atoms with van der Waals surface area (Å²) in [6.45, 7) is 1.96. The van der Waals surface area contributed by atoms with Crippen molar-refractivity contribution in [2.45, 2.75) is 6.92 Å². The van der Waals surface area contributed by atoms with E-state index in [2.05, 4.69) is 31.9 Å². The van der Waals surface area contributed by atoms with E-state index >= 15 is 0 Å². The predicted molar refractivity (Wildman–Crippen MR) is 84.1 cm³/mol. The first-order chi connectivity index (χ1) is 8.97. The van der Waals surface area contributed by atoms with Crippen molar-refractivity contribution in [2.75, 3.05) is 0 Å². The van der Waals surface area contributed by atoms with Crippen molar-refractivity contribution in [3.8, 4) is 11.5 Å². The predicted octanol–water partition coefficient (Wildman–Crippen LogP) is 4.60. The molecular weight excluding hydrogens is 372 g/mol. The van der Waals surface area contributed by atoms with E-state index < -0.39 is 0 Å².